The van der Waals surface area contributed by atoms with Crippen LogP contribution in [-0.2, 0) is 4.74 Å². The molecule has 2 nitrogen and oxygen atoms in total. The van der Waals surface area contributed by atoms with Gasteiger partial charge in [-0.15, -0.1) is 0 Å². The Labute approximate surface area is 119 Å². The van der Waals surface area contributed by atoms with Crippen LogP contribution in [-0.4, -0.2) is 12.2 Å². The van der Waals surface area contributed by atoms with E-state index >= 15 is 0 Å². The van der Waals surface area contributed by atoms with Crippen molar-refractivity contribution in [2.24, 2.45) is 11.7 Å². The molecule has 4 heteroatoms. The van der Waals surface area contributed by atoms with Gasteiger partial charge in [-0.1, -0.05) is 25.8 Å². The van der Waals surface area contributed by atoms with Gasteiger partial charge >= 0.3 is 0 Å². The molecule has 2 rings (SSSR count). The summed E-state index contributed by atoms with van der Waals surface area (Å²) in [5.74, 6) is -0.666. The Bertz CT molecular complexity index is 462. The van der Waals surface area contributed by atoms with Crippen LogP contribution >= 0.6 is 0 Å². The van der Waals surface area contributed by atoms with E-state index in [4.69, 9.17) is 10.5 Å². The molecule has 1 aromatic carbocycles. The Kier molecular flexibility index (Phi) is 4.76. The lowest BCUT2D eigenvalue weighted by Gasteiger charge is -2.44. The molecule has 3 unspecified atom stereocenters. The number of benzene rings is 1. The van der Waals surface area contributed by atoms with Crippen LogP contribution in [0.4, 0.5) is 8.78 Å². The molecule has 1 saturated carbocycles. The molecule has 0 aromatic heterocycles. The van der Waals surface area contributed by atoms with E-state index in [9.17, 15) is 8.78 Å². The molecule has 1 aliphatic carbocycles. The monoisotopic (exact) mass is 283 g/mol. The number of halogens is 2. The first-order valence-electron chi connectivity index (χ1n) is 7.33. The maximum atomic E-state index is 14.0. The second-order valence-corrected chi connectivity index (χ2v) is 5.84. The molecule has 20 heavy (non-hydrogen) atoms. The average molecular weight is 283 g/mol. The van der Waals surface area contributed by atoms with Crippen LogP contribution in [0.2, 0.25) is 0 Å². The van der Waals surface area contributed by atoms with Gasteiger partial charge in [0.05, 0.1) is 11.6 Å². The summed E-state index contributed by atoms with van der Waals surface area (Å²) in [4.78, 5) is 0. The fourth-order valence-electron chi connectivity index (χ4n) is 3.37. The summed E-state index contributed by atoms with van der Waals surface area (Å²) in [5.41, 5.74) is 6.12. The predicted molar refractivity (Wildman–Crippen MR) is 75.3 cm³/mol. The van der Waals surface area contributed by atoms with Crippen molar-refractivity contribution in [1.82, 2.24) is 0 Å². The number of hydrogen-bond acceptors (Lipinski definition) is 2. The van der Waals surface area contributed by atoms with E-state index in [1.165, 1.54) is 12.1 Å². The molecule has 1 aliphatic rings. The van der Waals surface area contributed by atoms with Gasteiger partial charge in [-0.3, -0.25) is 0 Å². The van der Waals surface area contributed by atoms with Crippen LogP contribution < -0.4 is 5.73 Å². The third-order valence-corrected chi connectivity index (χ3v) is 4.29. The van der Waals surface area contributed by atoms with Gasteiger partial charge in [-0.25, -0.2) is 8.78 Å². The number of nitrogens with two attached hydrogens (primary N) is 1. The van der Waals surface area contributed by atoms with Gasteiger partial charge in [0.1, 0.15) is 11.6 Å². The number of ether oxygens (including phenoxy) is 1. The Morgan fingerprint density at radius 2 is 2.20 bits per heavy atom. The standard InChI is InChI=1S/C16H23F2NO/c1-3-20-16(8-4-5-11(2)10-16)15(19)13-7-6-12(17)9-14(13)18/h6-7,9,11,15H,3-5,8,10,19H2,1-2H3. The normalized spacial score (nSPS) is 28.4. The van der Waals surface area contributed by atoms with Crippen molar-refractivity contribution in [2.45, 2.75) is 51.2 Å². The highest BCUT2D eigenvalue weighted by atomic mass is 19.1. The molecule has 112 valence electrons. The van der Waals surface area contributed by atoms with Crippen LogP contribution in [0.25, 0.3) is 0 Å². The van der Waals surface area contributed by atoms with E-state index in [-0.39, 0.29) is 0 Å². The van der Waals surface area contributed by atoms with E-state index in [2.05, 4.69) is 6.92 Å². The van der Waals surface area contributed by atoms with Crippen LogP contribution in [0.1, 0.15) is 51.1 Å². The van der Waals surface area contributed by atoms with Crippen molar-refractivity contribution >= 4 is 0 Å². The third-order valence-electron chi connectivity index (χ3n) is 4.29. The van der Waals surface area contributed by atoms with E-state index in [1.54, 1.807) is 0 Å². The molecule has 1 fully saturated rings. The summed E-state index contributed by atoms with van der Waals surface area (Å²) < 4.78 is 33.0. The minimum atomic E-state index is -0.588. The number of hydrogen-bond donors (Lipinski definition) is 1. The average Bonchev–Trinajstić information content (AvgIpc) is 2.38. The first-order valence-corrected chi connectivity index (χ1v) is 7.33. The molecule has 0 bridgehead atoms. The Hall–Kier alpha value is -1.00. The summed E-state index contributed by atoms with van der Waals surface area (Å²) in [6, 6.07) is 3.02. The lowest BCUT2D eigenvalue weighted by molar-refractivity contribution is -0.0944. The van der Waals surface area contributed by atoms with Gasteiger partial charge in [0.2, 0.25) is 0 Å². The van der Waals surface area contributed by atoms with Crippen molar-refractivity contribution in [1.29, 1.82) is 0 Å². The summed E-state index contributed by atoms with van der Waals surface area (Å²) in [7, 11) is 0. The zero-order valence-corrected chi connectivity index (χ0v) is 12.2. The zero-order chi connectivity index (χ0) is 14.8. The van der Waals surface area contributed by atoms with Crippen molar-refractivity contribution < 1.29 is 13.5 Å². The Morgan fingerprint density at radius 1 is 1.45 bits per heavy atom. The molecule has 0 saturated heterocycles. The molecule has 0 radical (unpaired) electrons. The van der Waals surface area contributed by atoms with Crippen molar-refractivity contribution in [3.05, 3.63) is 35.4 Å². The summed E-state index contributed by atoms with van der Waals surface area (Å²) in [6.07, 6.45) is 3.81. The van der Waals surface area contributed by atoms with Gasteiger partial charge in [-0.2, -0.15) is 0 Å². The smallest absolute Gasteiger partial charge is 0.130 e. The minimum absolute atomic E-state index is 0.342. The first-order chi connectivity index (χ1) is 9.48. The van der Waals surface area contributed by atoms with Gasteiger partial charge < -0.3 is 10.5 Å². The van der Waals surface area contributed by atoms with E-state index < -0.39 is 23.3 Å². The van der Waals surface area contributed by atoms with E-state index in [1.807, 2.05) is 6.92 Å². The number of rotatable bonds is 4. The highest BCUT2D eigenvalue weighted by Crippen LogP contribution is 2.43. The minimum Gasteiger partial charge on any atom is -0.373 e. The Morgan fingerprint density at radius 3 is 2.80 bits per heavy atom. The van der Waals surface area contributed by atoms with Crippen LogP contribution in [0.3, 0.4) is 0 Å². The fourth-order valence-corrected chi connectivity index (χ4v) is 3.37. The molecule has 3 atom stereocenters. The quantitative estimate of drug-likeness (QED) is 0.908. The maximum Gasteiger partial charge on any atom is 0.130 e. The second kappa shape index (κ2) is 6.19. The van der Waals surface area contributed by atoms with Gasteiger partial charge in [0, 0.05) is 18.2 Å². The third kappa shape index (κ3) is 3.01. The second-order valence-electron chi connectivity index (χ2n) is 5.84. The summed E-state index contributed by atoms with van der Waals surface area (Å²) in [5, 5.41) is 0. The molecular formula is C16H23F2NO. The molecule has 0 aliphatic heterocycles. The summed E-state index contributed by atoms with van der Waals surface area (Å²) in [6.45, 7) is 4.64. The maximum absolute atomic E-state index is 14.0. The lowest BCUT2D eigenvalue weighted by Crippen LogP contribution is -2.47. The topological polar surface area (TPSA) is 35.2 Å². The summed E-state index contributed by atoms with van der Waals surface area (Å²) >= 11 is 0. The highest BCUT2D eigenvalue weighted by molar-refractivity contribution is 5.25. The highest BCUT2D eigenvalue weighted by Gasteiger charge is 2.42. The molecule has 2 N–H and O–H groups in total. The van der Waals surface area contributed by atoms with Crippen LogP contribution in [0.15, 0.2) is 18.2 Å². The SMILES string of the molecule is CCOC1(C(N)c2ccc(F)cc2F)CCCC(C)C1. The molecule has 1 aromatic rings. The van der Waals surface area contributed by atoms with E-state index in [0.29, 0.717) is 18.1 Å². The van der Waals surface area contributed by atoms with Gasteiger partial charge in [0.25, 0.3) is 0 Å². The van der Waals surface area contributed by atoms with Gasteiger partial charge in [0.15, 0.2) is 0 Å². The van der Waals surface area contributed by atoms with Crippen LogP contribution in [0.5, 0.6) is 0 Å². The molecular weight excluding hydrogens is 260 g/mol. The van der Waals surface area contributed by atoms with Crippen molar-refractivity contribution in [3.8, 4) is 0 Å². The van der Waals surface area contributed by atoms with E-state index in [0.717, 1.165) is 31.7 Å². The Balaban J connectivity index is 2.32. The largest absolute Gasteiger partial charge is 0.373 e. The van der Waals surface area contributed by atoms with Crippen molar-refractivity contribution in [3.63, 3.8) is 0 Å². The molecule has 0 heterocycles. The molecule has 0 spiro atoms. The van der Waals surface area contributed by atoms with Crippen LogP contribution in [0, 0.1) is 17.6 Å². The predicted octanol–water partition coefficient (Wildman–Crippen LogP) is 3.95. The fraction of sp³-hybridized carbons (Fsp3) is 0.625. The lowest BCUT2D eigenvalue weighted by atomic mass is 9.73. The van der Waals surface area contributed by atoms with Gasteiger partial charge in [-0.05, 0) is 31.7 Å². The first kappa shape index (κ1) is 15.4. The zero-order valence-electron chi connectivity index (χ0n) is 12.2. The van der Waals surface area contributed by atoms with Crippen molar-refractivity contribution in [2.75, 3.05) is 6.61 Å². The molecule has 0 amide bonds.